The van der Waals surface area contributed by atoms with E-state index in [1.165, 1.54) is 17.7 Å². The highest BCUT2D eigenvalue weighted by Gasteiger charge is 2.00. The van der Waals surface area contributed by atoms with Crippen LogP contribution in [0.1, 0.15) is 5.56 Å². The second-order valence-electron chi connectivity index (χ2n) is 4.84. The van der Waals surface area contributed by atoms with E-state index in [1.807, 2.05) is 18.2 Å². The summed E-state index contributed by atoms with van der Waals surface area (Å²) in [5.74, 6) is 0.853. The number of rotatable bonds is 7. The van der Waals surface area contributed by atoms with Gasteiger partial charge in [0.2, 0.25) is 0 Å². The molecule has 0 aromatic heterocycles. The summed E-state index contributed by atoms with van der Waals surface area (Å²) >= 11 is 1.77. The Morgan fingerprint density at radius 3 is 2.35 bits per heavy atom. The van der Waals surface area contributed by atoms with Gasteiger partial charge < -0.3 is 4.90 Å². The summed E-state index contributed by atoms with van der Waals surface area (Å²) in [6.45, 7) is 2.10. The van der Waals surface area contributed by atoms with Gasteiger partial charge in [-0.1, -0.05) is 30.3 Å². The van der Waals surface area contributed by atoms with E-state index in [1.54, 1.807) is 11.8 Å². The summed E-state index contributed by atoms with van der Waals surface area (Å²) in [6.07, 6.45) is 1.08. The maximum absolute atomic E-state index is 12.8. The maximum Gasteiger partial charge on any atom is 0.123 e. The molecule has 0 radical (unpaired) electrons. The van der Waals surface area contributed by atoms with Crippen LogP contribution in [0, 0.1) is 5.82 Å². The van der Waals surface area contributed by atoms with Gasteiger partial charge in [0, 0.05) is 23.7 Å². The third kappa shape index (κ3) is 5.35. The zero-order valence-corrected chi connectivity index (χ0v) is 12.6. The van der Waals surface area contributed by atoms with Crippen molar-refractivity contribution in [3.05, 3.63) is 66.0 Å². The SMILES string of the molecule is CN(CCSc1ccc(F)cc1)CCc1ccccc1. The lowest BCUT2D eigenvalue weighted by molar-refractivity contribution is 0.360. The van der Waals surface area contributed by atoms with Gasteiger partial charge in [-0.3, -0.25) is 0 Å². The normalized spacial score (nSPS) is 10.9. The molecule has 2 rings (SSSR count). The number of hydrogen-bond acceptors (Lipinski definition) is 2. The topological polar surface area (TPSA) is 3.24 Å². The molecule has 0 saturated heterocycles. The highest BCUT2D eigenvalue weighted by molar-refractivity contribution is 7.99. The van der Waals surface area contributed by atoms with Crippen LogP contribution in [0.25, 0.3) is 0 Å². The molecule has 2 aromatic carbocycles. The second-order valence-corrected chi connectivity index (χ2v) is 6.01. The first-order chi connectivity index (χ1) is 9.74. The standard InChI is InChI=1S/C17H20FNS/c1-19(12-11-15-5-3-2-4-6-15)13-14-20-17-9-7-16(18)8-10-17/h2-10H,11-14H2,1H3. The van der Waals surface area contributed by atoms with Crippen LogP contribution in [0.2, 0.25) is 0 Å². The highest BCUT2D eigenvalue weighted by atomic mass is 32.2. The Morgan fingerprint density at radius 2 is 1.65 bits per heavy atom. The molecule has 106 valence electrons. The Morgan fingerprint density at radius 1 is 0.950 bits per heavy atom. The van der Waals surface area contributed by atoms with Crippen LogP contribution in [0.15, 0.2) is 59.5 Å². The Kier molecular flexibility index (Phi) is 6.09. The number of hydrogen-bond donors (Lipinski definition) is 0. The van der Waals surface area contributed by atoms with Crippen molar-refractivity contribution in [2.75, 3.05) is 25.9 Å². The van der Waals surface area contributed by atoms with Crippen molar-refractivity contribution in [3.63, 3.8) is 0 Å². The number of halogens is 1. The molecular formula is C17H20FNS. The van der Waals surface area contributed by atoms with E-state index in [9.17, 15) is 4.39 Å². The minimum atomic E-state index is -0.172. The number of benzene rings is 2. The fourth-order valence-corrected chi connectivity index (χ4v) is 2.89. The maximum atomic E-state index is 12.8. The molecule has 0 N–H and O–H groups in total. The first-order valence-electron chi connectivity index (χ1n) is 6.85. The fraction of sp³-hybridized carbons (Fsp3) is 0.294. The lowest BCUT2D eigenvalue weighted by atomic mass is 10.1. The van der Waals surface area contributed by atoms with Crippen molar-refractivity contribution in [1.82, 2.24) is 4.90 Å². The van der Waals surface area contributed by atoms with Crippen LogP contribution in [0.5, 0.6) is 0 Å². The monoisotopic (exact) mass is 289 g/mol. The average molecular weight is 289 g/mol. The Bertz CT molecular complexity index is 498. The van der Waals surface area contributed by atoms with Crippen LogP contribution in [0.3, 0.4) is 0 Å². The van der Waals surface area contributed by atoms with Crippen molar-refractivity contribution in [2.24, 2.45) is 0 Å². The Hall–Kier alpha value is -1.32. The van der Waals surface area contributed by atoms with Gasteiger partial charge in [-0.15, -0.1) is 11.8 Å². The molecule has 0 aliphatic rings. The lowest BCUT2D eigenvalue weighted by Gasteiger charge is -2.16. The molecule has 2 aromatic rings. The third-order valence-corrected chi connectivity index (χ3v) is 4.17. The van der Waals surface area contributed by atoms with E-state index in [0.29, 0.717) is 0 Å². The van der Waals surface area contributed by atoms with E-state index in [0.717, 1.165) is 30.2 Å². The number of nitrogens with zero attached hydrogens (tertiary/aromatic N) is 1. The molecule has 0 spiro atoms. The van der Waals surface area contributed by atoms with Crippen molar-refractivity contribution in [3.8, 4) is 0 Å². The highest BCUT2D eigenvalue weighted by Crippen LogP contribution is 2.17. The van der Waals surface area contributed by atoms with Gasteiger partial charge in [0.1, 0.15) is 5.82 Å². The van der Waals surface area contributed by atoms with Gasteiger partial charge in [-0.25, -0.2) is 4.39 Å². The number of likely N-dealkylation sites (N-methyl/N-ethyl adjacent to an activating group) is 1. The van der Waals surface area contributed by atoms with Gasteiger partial charge in [0.15, 0.2) is 0 Å². The van der Waals surface area contributed by atoms with Crippen molar-refractivity contribution in [2.45, 2.75) is 11.3 Å². The molecule has 3 heteroatoms. The molecule has 0 fully saturated rings. The first kappa shape index (κ1) is 15.1. The molecule has 20 heavy (non-hydrogen) atoms. The predicted molar refractivity (Wildman–Crippen MR) is 84.8 cm³/mol. The molecule has 0 atom stereocenters. The molecule has 0 amide bonds. The van der Waals surface area contributed by atoms with Gasteiger partial charge in [-0.2, -0.15) is 0 Å². The second kappa shape index (κ2) is 8.08. The Labute approximate surface area is 124 Å². The zero-order valence-electron chi connectivity index (χ0n) is 11.8. The van der Waals surface area contributed by atoms with Crippen LogP contribution < -0.4 is 0 Å². The zero-order chi connectivity index (χ0) is 14.2. The molecule has 0 bridgehead atoms. The first-order valence-corrected chi connectivity index (χ1v) is 7.83. The molecule has 0 saturated carbocycles. The molecular weight excluding hydrogens is 269 g/mol. The summed E-state index contributed by atoms with van der Waals surface area (Å²) in [6, 6.07) is 17.3. The van der Waals surface area contributed by atoms with Crippen molar-refractivity contribution in [1.29, 1.82) is 0 Å². The van der Waals surface area contributed by atoms with Crippen LogP contribution in [-0.2, 0) is 6.42 Å². The summed E-state index contributed by atoms with van der Waals surface area (Å²) in [5.41, 5.74) is 1.38. The van der Waals surface area contributed by atoms with Crippen molar-refractivity contribution < 1.29 is 4.39 Å². The van der Waals surface area contributed by atoms with Gasteiger partial charge in [0.05, 0.1) is 0 Å². The summed E-state index contributed by atoms with van der Waals surface area (Å²) in [7, 11) is 2.15. The quantitative estimate of drug-likeness (QED) is 0.706. The predicted octanol–water partition coefficient (Wildman–Crippen LogP) is 4.09. The van der Waals surface area contributed by atoms with Crippen LogP contribution in [-0.4, -0.2) is 30.8 Å². The minimum absolute atomic E-state index is 0.172. The molecule has 1 nitrogen and oxygen atoms in total. The molecule has 0 heterocycles. The van der Waals surface area contributed by atoms with E-state index in [-0.39, 0.29) is 5.82 Å². The summed E-state index contributed by atoms with van der Waals surface area (Å²) in [5, 5.41) is 0. The van der Waals surface area contributed by atoms with E-state index < -0.39 is 0 Å². The van der Waals surface area contributed by atoms with Gasteiger partial charge in [0.25, 0.3) is 0 Å². The fourth-order valence-electron chi connectivity index (χ4n) is 1.93. The summed E-state index contributed by atoms with van der Waals surface area (Å²) < 4.78 is 12.8. The van der Waals surface area contributed by atoms with E-state index in [2.05, 4.69) is 36.2 Å². The van der Waals surface area contributed by atoms with Crippen LogP contribution in [0.4, 0.5) is 4.39 Å². The summed E-state index contributed by atoms with van der Waals surface area (Å²) in [4.78, 5) is 3.46. The molecule has 0 aliphatic carbocycles. The van der Waals surface area contributed by atoms with Crippen LogP contribution >= 0.6 is 11.8 Å². The molecule has 0 unspecified atom stereocenters. The van der Waals surface area contributed by atoms with E-state index >= 15 is 0 Å². The minimum Gasteiger partial charge on any atom is -0.305 e. The molecule has 0 aliphatic heterocycles. The van der Waals surface area contributed by atoms with Gasteiger partial charge in [-0.05, 0) is 43.3 Å². The smallest absolute Gasteiger partial charge is 0.123 e. The third-order valence-electron chi connectivity index (χ3n) is 3.18. The lowest BCUT2D eigenvalue weighted by Crippen LogP contribution is -2.23. The van der Waals surface area contributed by atoms with E-state index in [4.69, 9.17) is 0 Å². The van der Waals surface area contributed by atoms with Crippen molar-refractivity contribution >= 4 is 11.8 Å². The average Bonchev–Trinajstić information content (AvgIpc) is 2.48. The number of thioether (sulfide) groups is 1. The Balaban J connectivity index is 1.65. The van der Waals surface area contributed by atoms with Gasteiger partial charge >= 0.3 is 0 Å². The largest absolute Gasteiger partial charge is 0.305 e.